The molecule has 0 saturated heterocycles. The van der Waals surface area contributed by atoms with Gasteiger partial charge in [-0.2, -0.15) is 0 Å². The Kier molecular flexibility index (Phi) is 8.79. The zero-order valence-corrected chi connectivity index (χ0v) is 17.8. The standard InChI is InChI=1S/C17H21Cl3N2S2/c1-3-5-7-23-16-14-11(9-13(19)21-16)12(10-18)15(20)22-17(14)24-8-6-4-2/h9H,3-8,10H2,1-2H3. The van der Waals surface area contributed by atoms with Crippen molar-refractivity contribution in [2.45, 2.75) is 55.5 Å². The smallest absolute Gasteiger partial charge is 0.135 e. The summed E-state index contributed by atoms with van der Waals surface area (Å²) in [6.45, 7) is 4.37. The van der Waals surface area contributed by atoms with Crippen molar-refractivity contribution >= 4 is 69.1 Å². The molecule has 0 spiro atoms. The molecule has 2 aromatic rings. The fourth-order valence-corrected chi connectivity index (χ4v) is 5.45. The summed E-state index contributed by atoms with van der Waals surface area (Å²) in [6, 6.07) is 1.86. The number of nitrogens with zero attached hydrogens (tertiary/aromatic N) is 2. The van der Waals surface area contributed by atoms with Crippen LogP contribution in [0, 0.1) is 0 Å². The minimum atomic E-state index is 0.307. The van der Waals surface area contributed by atoms with E-state index in [9.17, 15) is 0 Å². The van der Waals surface area contributed by atoms with E-state index in [1.165, 1.54) is 0 Å². The molecule has 0 aliphatic heterocycles. The van der Waals surface area contributed by atoms with Crippen molar-refractivity contribution in [1.29, 1.82) is 0 Å². The molecule has 0 aromatic carbocycles. The van der Waals surface area contributed by atoms with Crippen LogP contribution in [0.1, 0.15) is 45.1 Å². The maximum atomic E-state index is 6.37. The van der Waals surface area contributed by atoms with Gasteiger partial charge in [0.1, 0.15) is 20.4 Å². The summed E-state index contributed by atoms with van der Waals surface area (Å²) < 4.78 is 0. The average Bonchev–Trinajstić information content (AvgIpc) is 2.55. The third kappa shape index (κ3) is 5.07. The van der Waals surface area contributed by atoms with Crippen LogP contribution in [0.15, 0.2) is 16.1 Å². The summed E-state index contributed by atoms with van der Waals surface area (Å²) in [6.07, 6.45) is 4.59. The van der Waals surface area contributed by atoms with Crippen LogP contribution >= 0.6 is 58.3 Å². The maximum absolute atomic E-state index is 6.37. The van der Waals surface area contributed by atoms with Crippen LogP contribution in [-0.2, 0) is 5.88 Å². The maximum Gasteiger partial charge on any atom is 0.135 e. The monoisotopic (exact) mass is 422 g/mol. The van der Waals surface area contributed by atoms with Crippen molar-refractivity contribution in [3.05, 3.63) is 21.9 Å². The van der Waals surface area contributed by atoms with E-state index in [1.54, 1.807) is 23.5 Å². The molecule has 0 aliphatic carbocycles. The highest BCUT2D eigenvalue weighted by atomic mass is 35.5. The molecule has 0 fully saturated rings. The topological polar surface area (TPSA) is 25.8 Å². The molecular formula is C17H21Cl3N2S2. The quantitative estimate of drug-likeness (QED) is 0.181. The first-order valence-corrected chi connectivity index (χ1v) is 11.4. The highest BCUT2D eigenvalue weighted by Gasteiger charge is 2.18. The van der Waals surface area contributed by atoms with Gasteiger partial charge in [0.15, 0.2) is 0 Å². The molecule has 7 heteroatoms. The summed E-state index contributed by atoms with van der Waals surface area (Å²) in [4.78, 5) is 9.17. The number of thioether (sulfide) groups is 2. The van der Waals surface area contributed by atoms with Crippen molar-refractivity contribution in [2.75, 3.05) is 11.5 Å². The van der Waals surface area contributed by atoms with Gasteiger partial charge in [-0.15, -0.1) is 35.1 Å². The second kappa shape index (κ2) is 10.3. The Balaban J connectivity index is 2.56. The normalized spacial score (nSPS) is 11.4. The number of unbranched alkanes of at least 4 members (excludes halogenated alkanes) is 2. The van der Waals surface area contributed by atoms with Crippen molar-refractivity contribution in [3.63, 3.8) is 0 Å². The zero-order chi connectivity index (χ0) is 17.5. The number of fused-ring (bicyclic) bond motifs is 1. The van der Waals surface area contributed by atoms with E-state index >= 15 is 0 Å². The highest BCUT2D eigenvalue weighted by molar-refractivity contribution is 8.00. The van der Waals surface area contributed by atoms with Crippen LogP contribution < -0.4 is 0 Å². The lowest BCUT2D eigenvalue weighted by atomic mass is 10.1. The first-order chi connectivity index (χ1) is 11.6. The second-order valence-corrected chi connectivity index (χ2v) is 8.58. The molecule has 2 nitrogen and oxygen atoms in total. The van der Waals surface area contributed by atoms with Gasteiger partial charge in [-0.05, 0) is 35.8 Å². The van der Waals surface area contributed by atoms with Gasteiger partial charge in [0.2, 0.25) is 0 Å². The molecule has 0 unspecified atom stereocenters. The van der Waals surface area contributed by atoms with E-state index in [2.05, 4.69) is 23.8 Å². The molecule has 2 rings (SSSR count). The molecule has 0 radical (unpaired) electrons. The molecule has 2 heterocycles. The molecule has 0 saturated carbocycles. The molecule has 0 aliphatic rings. The summed E-state index contributed by atoms with van der Waals surface area (Å²) in [5, 5.41) is 4.81. The number of rotatable bonds is 9. The van der Waals surface area contributed by atoms with Gasteiger partial charge in [-0.1, -0.05) is 49.9 Å². The van der Waals surface area contributed by atoms with E-state index in [-0.39, 0.29) is 0 Å². The van der Waals surface area contributed by atoms with Crippen molar-refractivity contribution < 1.29 is 0 Å². The van der Waals surface area contributed by atoms with E-state index in [4.69, 9.17) is 34.8 Å². The Morgan fingerprint density at radius 2 is 1.54 bits per heavy atom. The minimum absolute atomic E-state index is 0.307. The molecule has 0 atom stereocenters. The van der Waals surface area contributed by atoms with Gasteiger partial charge >= 0.3 is 0 Å². The second-order valence-electron chi connectivity index (χ2n) is 5.40. The van der Waals surface area contributed by atoms with Gasteiger partial charge in [0, 0.05) is 10.9 Å². The number of aromatic nitrogens is 2. The van der Waals surface area contributed by atoms with Crippen molar-refractivity contribution in [2.24, 2.45) is 0 Å². The Bertz CT molecular complexity index is 679. The molecule has 2 aromatic heterocycles. The minimum Gasteiger partial charge on any atom is -0.229 e. The summed E-state index contributed by atoms with van der Waals surface area (Å²) in [5.41, 5.74) is 0.829. The Morgan fingerprint density at radius 1 is 0.958 bits per heavy atom. The lowest BCUT2D eigenvalue weighted by Crippen LogP contribution is -1.97. The van der Waals surface area contributed by atoms with Gasteiger partial charge < -0.3 is 0 Å². The van der Waals surface area contributed by atoms with Crippen LogP contribution in [0.2, 0.25) is 10.3 Å². The molecule has 0 N–H and O–H groups in total. The van der Waals surface area contributed by atoms with Gasteiger partial charge in [0.25, 0.3) is 0 Å². The average molecular weight is 424 g/mol. The summed E-state index contributed by atoms with van der Waals surface area (Å²) in [5.74, 6) is 2.33. The number of hydrogen-bond acceptors (Lipinski definition) is 4. The number of pyridine rings is 2. The predicted molar refractivity (Wildman–Crippen MR) is 110 cm³/mol. The van der Waals surface area contributed by atoms with Crippen LogP contribution in [-0.4, -0.2) is 21.5 Å². The first kappa shape index (κ1) is 20.4. The lowest BCUT2D eigenvalue weighted by Gasteiger charge is -2.14. The summed E-state index contributed by atoms with van der Waals surface area (Å²) in [7, 11) is 0. The van der Waals surface area contributed by atoms with Gasteiger partial charge in [0.05, 0.1) is 5.88 Å². The van der Waals surface area contributed by atoms with E-state index in [1.807, 2.05) is 6.07 Å². The van der Waals surface area contributed by atoms with E-state index < -0.39 is 0 Å². The predicted octanol–water partition coefficient (Wildman–Crippen LogP) is 7.46. The Morgan fingerprint density at radius 3 is 2.08 bits per heavy atom. The zero-order valence-electron chi connectivity index (χ0n) is 13.9. The summed E-state index contributed by atoms with van der Waals surface area (Å²) >= 11 is 22.2. The van der Waals surface area contributed by atoms with Crippen LogP contribution in [0.3, 0.4) is 0 Å². The Hall–Kier alpha value is 0.130. The Labute approximate surface area is 167 Å². The van der Waals surface area contributed by atoms with E-state index in [0.717, 1.165) is 63.6 Å². The van der Waals surface area contributed by atoms with Crippen LogP contribution in [0.5, 0.6) is 0 Å². The van der Waals surface area contributed by atoms with Gasteiger partial charge in [-0.25, -0.2) is 9.97 Å². The largest absolute Gasteiger partial charge is 0.229 e. The van der Waals surface area contributed by atoms with Crippen molar-refractivity contribution in [3.8, 4) is 0 Å². The molecule has 0 bridgehead atoms. The fraction of sp³-hybridized carbons (Fsp3) is 0.529. The van der Waals surface area contributed by atoms with Crippen LogP contribution in [0.25, 0.3) is 10.8 Å². The fourth-order valence-electron chi connectivity index (χ4n) is 2.22. The van der Waals surface area contributed by atoms with Crippen LogP contribution in [0.4, 0.5) is 0 Å². The highest BCUT2D eigenvalue weighted by Crippen LogP contribution is 2.39. The van der Waals surface area contributed by atoms with Gasteiger partial charge in [-0.3, -0.25) is 0 Å². The third-order valence-electron chi connectivity index (χ3n) is 3.55. The molecular weight excluding hydrogens is 403 g/mol. The first-order valence-electron chi connectivity index (χ1n) is 8.12. The molecule has 24 heavy (non-hydrogen) atoms. The molecule has 0 amide bonds. The van der Waals surface area contributed by atoms with E-state index in [0.29, 0.717) is 16.2 Å². The number of halogens is 3. The number of alkyl halides is 1. The third-order valence-corrected chi connectivity index (χ3v) is 6.45. The van der Waals surface area contributed by atoms with Crippen molar-refractivity contribution in [1.82, 2.24) is 9.97 Å². The molecule has 132 valence electrons. The SMILES string of the molecule is CCCCSc1nc(Cl)cc2c(CCl)c(Cl)nc(SCCCC)c12. The lowest BCUT2D eigenvalue weighted by molar-refractivity contribution is 0.893. The number of hydrogen-bond donors (Lipinski definition) is 0.